The largest absolute Gasteiger partial charge is 0.373 e. The van der Waals surface area contributed by atoms with E-state index in [0.717, 1.165) is 12.1 Å². The van der Waals surface area contributed by atoms with Crippen molar-refractivity contribution in [1.29, 1.82) is 0 Å². The Kier molecular flexibility index (Phi) is 4.05. The zero-order chi connectivity index (χ0) is 11.7. The highest BCUT2D eigenvalue weighted by molar-refractivity contribution is 6.81. The number of rotatable bonds is 5. The van der Waals surface area contributed by atoms with E-state index in [1.807, 2.05) is 0 Å². The van der Waals surface area contributed by atoms with Gasteiger partial charge < -0.3 is 4.74 Å². The number of epoxide rings is 1. The third-order valence-corrected chi connectivity index (χ3v) is 11.3. The fourth-order valence-corrected chi connectivity index (χ4v) is 4.39. The molecule has 15 heavy (non-hydrogen) atoms. The van der Waals surface area contributed by atoms with E-state index < -0.39 is 8.07 Å². The van der Waals surface area contributed by atoms with Crippen LogP contribution in [0.1, 0.15) is 47.0 Å². The van der Waals surface area contributed by atoms with Crippen molar-refractivity contribution >= 4 is 8.07 Å². The SMILES string of the molecule is CC(CCC[C@H]1CO1)[Si](C)(C)C(C)(C)C. The summed E-state index contributed by atoms with van der Waals surface area (Å²) in [5.41, 5.74) is 0.927. The van der Waals surface area contributed by atoms with Crippen LogP contribution >= 0.6 is 0 Å². The molecule has 1 heterocycles. The Hall–Kier alpha value is 0.177. The Bertz CT molecular complexity index is 201. The lowest BCUT2D eigenvalue weighted by Gasteiger charge is -2.42. The van der Waals surface area contributed by atoms with Gasteiger partial charge in [-0.25, -0.2) is 0 Å². The van der Waals surface area contributed by atoms with Gasteiger partial charge in [-0.3, -0.25) is 0 Å². The first-order chi connectivity index (χ1) is 6.75. The number of hydrogen-bond donors (Lipinski definition) is 0. The van der Waals surface area contributed by atoms with Crippen LogP contribution in [0.3, 0.4) is 0 Å². The van der Waals surface area contributed by atoms with E-state index in [0.29, 0.717) is 11.1 Å². The molecule has 0 aromatic heterocycles. The van der Waals surface area contributed by atoms with Crippen molar-refractivity contribution in [2.45, 2.75) is 76.7 Å². The van der Waals surface area contributed by atoms with Crippen molar-refractivity contribution in [3.8, 4) is 0 Å². The van der Waals surface area contributed by atoms with Crippen LogP contribution in [0.25, 0.3) is 0 Å². The monoisotopic (exact) mass is 228 g/mol. The summed E-state index contributed by atoms with van der Waals surface area (Å²) in [6.45, 7) is 15.8. The van der Waals surface area contributed by atoms with Crippen LogP contribution in [-0.2, 0) is 4.74 Å². The molecule has 0 bridgehead atoms. The second-order valence-electron chi connectivity index (χ2n) is 6.76. The molecule has 1 saturated heterocycles. The van der Waals surface area contributed by atoms with Crippen LogP contribution in [0.15, 0.2) is 0 Å². The van der Waals surface area contributed by atoms with Crippen LogP contribution in [0.4, 0.5) is 0 Å². The summed E-state index contributed by atoms with van der Waals surface area (Å²) in [4.78, 5) is 0. The number of hydrogen-bond acceptors (Lipinski definition) is 1. The molecular formula is C13H28OSi. The maximum atomic E-state index is 5.25. The molecule has 1 aliphatic rings. The first kappa shape index (κ1) is 13.2. The summed E-state index contributed by atoms with van der Waals surface area (Å²) in [5, 5.41) is 0.530. The normalized spacial score (nSPS) is 24.0. The minimum absolute atomic E-state index is 0.530. The van der Waals surface area contributed by atoms with Crippen molar-refractivity contribution in [2.24, 2.45) is 0 Å². The Balaban J connectivity index is 2.32. The zero-order valence-electron chi connectivity index (χ0n) is 11.4. The molecule has 0 spiro atoms. The molecule has 0 aromatic rings. The van der Waals surface area contributed by atoms with Crippen LogP contribution in [0.5, 0.6) is 0 Å². The van der Waals surface area contributed by atoms with Crippen LogP contribution < -0.4 is 0 Å². The minimum atomic E-state index is -1.10. The van der Waals surface area contributed by atoms with Crippen LogP contribution in [-0.4, -0.2) is 20.8 Å². The summed E-state index contributed by atoms with van der Waals surface area (Å²) < 4.78 is 5.25. The molecule has 0 N–H and O–H groups in total. The van der Waals surface area contributed by atoms with Crippen molar-refractivity contribution in [3.63, 3.8) is 0 Å². The van der Waals surface area contributed by atoms with Gasteiger partial charge in [-0.15, -0.1) is 0 Å². The van der Waals surface area contributed by atoms with Gasteiger partial charge in [0.25, 0.3) is 0 Å². The first-order valence-electron chi connectivity index (χ1n) is 6.37. The first-order valence-corrected chi connectivity index (χ1v) is 9.44. The molecule has 0 aromatic carbocycles. The Morgan fingerprint density at radius 2 is 1.87 bits per heavy atom. The Morgan fingerprint density at radius 3 is 2.27 bits per heavy atom. The molecule has 1 rings (SSSR count). The molecule has 2 heteroatoms. The molecule has 0 radical (unpaired) electrons. The fraction of sp³-hybridized carbons (Fsp3) is 1.00. The topological polar surface area (TPSA) is 12.5 Å². The van der Waals surface area contributed by atoms with E-state index in [1.165, 1.54) is 19.3 Å². The van der Waals surface area contributed by atoms with Crippen molar-refractivity contribution in [2.75, 3.05) is 6.61 Å². The smallest absolute Gasteiger partial charge is 0.0810 e. The minimum Gasteiger partial charge on any atom is -0.373 e. The quantitative estimate of drug-likeness (QED) is 0.500. The van der Waals surface area contributed by atoms with Gasteiger partial charge in [0.2, 0.25) is 0 Å². The lowest BCUT2D eigenvalue weighted by Crippen LogP contribution is -2.41. The number of ether oxygens (including phenoxy) is 1. The van der Waals surface area contributed by atoms with Gasteiger partial charge in [-0.1, -0.05) is 53.6 Å². The van der Waals surface area contributed by atoms with E-state index in [4.69, 9.17) is 4.74 Å². The van der Waals surface area contributed by atoms with Crippen molar-refractivity contribution in [3.05, 3.63) is 0 Å². The van der Waals surface area contributed by atoms with Gasteiger partial charge in [0.1, 0.15) is 0 Å². The van der Waals surface area contributed by atoms with Crippen LogP contribution in [0, 0.1) is 0 Å². The molecule has 90 valence electrons. The Morgan fingerprint density at radius 1 is 1.33 bits per heavy atom. The highest BCUT2D eigenvalue weighted by Gasteiger charge is 2.39. The van der Waals surface area contributed by atoms with E-state index >= 15 is 0 Å². The lowest BCUT2D eigenvalue weighted by molar-refractivity contribution is 0.388. The van der Waals surface area contributed by atoms with Crippen LogP contribution in [0.2, 0.25) is 23.7 Å². The van der Waals surface area contributed by atoms with Crippen molar-refractivity contribution < 1.29 is 4.74 Å². The summed E-state index contributed by atoms with van der Waals surface area (Å²) in [7, 11) is -1.10. The molecule has 1 fully saturated rings. The van der Waals surface area contributed by atoms with Gasteiger partial charge in [-0.2, -0.15) is 0 Å². The van der Waals surface area contributed by atoms with Gasteiger partial charge in [0.05, 0.1) is 20.8 Å². The molecule has 1 nitrogen and oxygen atoms in total. The molecule has 0 saturated carbocycles. The summed E-state index contributed by atoms with van der Waals surface area (Å²) in [6, 6.07) is 0. The summed E-state index contributed by atoms with van der Waals surface area (Å²) in [6.07, 6.45) is 4.67. The van der Waals surface area contributed by atoms with Gasteiger partial charge in [0, 0.05) is 0 Å². The third kappa shape index (κ3) is 3.60. The predicted molar refractivity (Wildman–Crippen MR) is 70.2 cm³/mol. The van der Waals surface area contributed by atoms with E-state index in [-0.39, 0.29) is 0 Å². The fourth-order valence-electron chi connectivity index (χ4n) is 1.99. The summed E-state index contributed by atoms with van der Waals surface area (Å²) in [5.74, 6) is 0. The highest BCUT2D eigenvalue weighted by Crippen LogP contribution is 2.45. The molecule has 2 atom stereocenters. The van der Waals surface area contributed by atoms with Gasteiger partial charge in [0.15, 0.2) is 0 Å². The maximum Gasteiger partial charge on any atom is 0.0810 e. The second kappa shape index (κ2) is 4.58. The molecule has 0 amide bonds. The van der Waals surface area contributed by atoms with Gasteiger partial charge in [-0.05, 0) is 17.0 Å². The zero-order valence-corrected chi connectivity index (χ0v) is 12.4. The van der Waals surface area contributed by atoms with E-state index in [1.54, 1.807) is 0 Å². The molecule has 1 unspecified atom stereocenters. The molecular weight excluding hydrogens is 200 g/mol. The Labute approximate surface area is 96.6 Å². The van der Waals surface area contributed by atoms with E-state index in [9.17, 15) is 0 Å². The summed E-state index contributed by atoms with van der Waals surface area (Å²) >= 11 is 0. The standard InChI is InChI=1S/C13H28OSi/c1-11(8-7-9-12-10-14-12)15(5,6)13(2,3)4/h11-12H,7-10H2,1-6H3/t11?,12-/m0/s1. The maximum absolute atomic E-state index is 5.25. The average Bonchev–Trinajstić information content (AvgIpc) is 2.85. The van der Waals surface area contributed by atoms with E-state index in [2.05, 4.69) is 40.8 Å². The lowest BCUT2D eigenvalue weighted by atomic mass is 10.1. The van der Waals surface area contributed by atoms with Gasteiger partial charge >= 0.3 is 0 Å². The molecule has 1 aliphatic heterocycles. The molecule has 0 aliphatic carbocycles. The highest BCUT2D eigenvalue weighted by atomic mass is 28.3. The second-order valence-corrected chi connectivity index (χ2v) is 12.7. The van der Waals surface area contributed by atoms with Crippen molar-refractivity contribution in [1.82, 2.24) is 0 Å². The average molecular weight is 228 g/mol. The predicted octanol–water partition coefficient (Wildman–Crippen LogP) is 4.45. The third-order valence-electron chi connectivity index (χ3n) is 4.73.